The summed E-state index contributed by atoms with van der Waals surface area (Å²) in [6, 6.07) is 11.2. The van der Waals surface area contributed by atoms with Crippen molar-refractivity contribution in [1.29, 1.82) is 0 Å². The molecule has 0 atom stereocenters. The van der Waals surface area contributed by atoms with Crippen molar-refractivity contribution in [2.75, 3.05) is 26.2 Å². The number of carbonyl (C=O) groups excluding carboxylic acids is 1. The Morgan fingerprint density at radius 2 is 1.81 bits per heavy atom. The average molecular weight is 455 g/mol. The van der Waals surface area contributed by atoms with Crippen molar-refractivity contribution in [3.63, 3.8) is 0 Å². The molecule has 0 saturated carbocycles. The molecule has 32 heavy (non-hydrogen) atoms. The molecule has 8 heteroatoms. The number of pyridine rings is 1. The molecule has 7 nitrogen and oxygen atoms in total. The summed E-state index contributed by atoms with van der Waals surface area (Å²) in [6.45, 7) is 8.04. The van der Waals surface area contributed by atoms with Gasteiger partial charge in [0.25, 0.3) is 5.91 Å². The lowest BCUT2D eigenvalue weighted by Crippen LogP contribution is -2.38. The van der Waals surface area contributed by atoms with E-state index in [4.69, 9.17) is 0 Å². The van der Waals surface area contributed by atoms with Crippen molar-refractivity contribution in [1.82, 2.24) is 18.8 Å². The second-order valence-electron chi connectivity index (χ2n) is 8.27. The second kappa shape index (κ2) is 9.03. The quantitative estimate of drug-likeness (QED) is 0.569. The van der Waals surface area contributed by atoms with Crippen molar-refractivity contribution in [3.05, 3.63) is 65.5 Å². The van der Waals surface area contributed by atoms with Crippen LogP contribution >= 0.6 is 0 Å². The number of fused-ring (bicyclic) bond motifs is 1. The van der Waals surface area contributed by atoms with Crippen LogP contribution in [0.3, 0.4) is 0 Å². The van der Waals surface area contributed by atoms with E-state index in [-0.39, 0.29) is 11.8 Å². The minimum atomic E-state index is -3.49. The van der Waals surface area contributed by atoms with E-state index in [0.717, 1.165) is 29.5 Å². The molecule has 4 rings (SSSR count). The van der Waals surface area contributed by atoms with E-state index in [9.17, 15) is 13.2 Å². The highest BCUT2D eigenvalue weighted by atomic mass is 32.2. The van der Waals surface area contributed by atoms with Gasteiger partial charge < -0.3 is 4.90 Å². The number of piperidine rings is 1. The summed E-state index contributed by atoms with van der Waals surface area (Å²) in [4.78, 5) is 15.1. The van der Waals surface area contributed by atoms with Gasteiger partial charge in [-0.3, -0.25) is 4.79 Å². The summed E-state index contributed by atoms with van der Waals surface area (Å²) < 4.78 is 29.5. The normalized spacial score (nSPS) is 15.8. The summed E-state index contributed by atoms with van der Waals surface area (Å²) >= 11 is 0. The highest BCUT2D eigenvalue weighted by Gasteiger charge is 2.31. The number of nitrogens with zero attached hydrogens (tertiary/aromatic N) is 4. The molecule has 0 bridgehead atoms. The molecule has 1 saturated heterocycles. The van der Waals surface area contributed by atoms with E-state index < -0.39 is 10.0 Å². The fraction of sp³-hybridized carbons (Fsp3) is 0.417. The number of rotatable bonds is 6. The highest BCUT2D eigenvalue weighted by Crippen LogP contribution is 2.32. The number of sulfonamides is 1. The lowest BCUT2D eigenvalue weighted by Gasteiger charge is -2.31. The molecule has 0 spiro atoms. The van der Waals surface area contributed by atoms with Crippen LogP contribution in [0.4, 0.5) is 0 Å². The van der Waals surface area contributed by atoms with Crippen LogP contribution in [-0.2, 0) is 10.0 Å². The maximum absolute atomic E-state index is 13.1. The van der Waals surface area contributed by atoms with Crippen LogP contribution in [0.2, 0.25) is 0 Å². The molecule has 1 aliphatic heterocycles. The molecule has 1 fully saturated rings. The average Bonchev–Trinajstić information content (AvgIpc) is 3.23. The maximum atomic E-state index is 13.1. The van der Waals surface area contributed by atoms with Crippen LogP contribution in [0, 0.1) is 6.92 Å². The van der Waals surface area contributed by atoms with Gasteiger partial charge >= 0.3 is 0 Å². The summed E-state index contributed by atoms with van der Waals surface area (Å²) in [5, 5.41) is 4.34. The van der Waals surface area contributed by atoms with E-state index in [0.29, 0.717) is 36.6 Å². The Kier molecular flexibility index (Phi) is 6.35. The maximum Gasteiger partial charge on any atom is 0.257 e. The summed E-state index contributed by atoms with van der Waals surface area (Å²) in [6.07, 6.45) is 5.01. The Morgan fingerprint density at radius 3 is 2.47 bits per heavy atom. The summed E-state index contributed by atoms with van der Waals surface area (Å²) in [5.74, 6) is 0.232. The fourth-order valence-corrected chi connectivity index (χ4v) is 6.21. The number of amides is 1. The standard InChI is InChI=1S/C24H30N4O3S/c1-4-26(5-2)24(29)21-17-25-28-15-12-20(16-22(21)28)19-10-13-27(14-11-19)32(30,31)23-9-7-6-8-18(23)3/h6-9,12,15-17,19H,4-5,10-11,13-14H2,1-3H3. The Bertz CT molecular complexity index is 1220. The predicted molar refractivity (Wildman–Crippen MR) is 124 cm³/mol. The van der Waals surface area contributed by atoms with Gasteiger partial charge in [-0.15, -0.1) is 0 Å². The second-order valence-corrected chi connectivity index (χ2v) is 10.2. The Morgan fingerprint density at radius 1 is 1.12 bits per heavy atom. The Hall–Kier alpha value is -2.71. The lowest BCUT2D eigenvalue weighted by atomic mass is 9.90. The van der Waals surface area contributed by atoms with Crippen LogP contribution in [0.5, 0.6) is 0 Å². The van der Waals surface area contributed by atoms with Crippen LogP contribution in [0.1, 0.15) is 54.1 Å². The molecule has 0 aliphatic carbocycles. The van der Waals surface area contributed by atoms with Crippen molar-refractivity contribution < 1.29 is 13.2 Å². The van der Waals surface area contributed by atoms with Gasteiger partial charge in [0.05, 0.1) is 22.2 Å². The van der Waals surface area contributed by atoms with Gasteiger partial charge in [0.1, 0.15) is 0 Å². The zero-order valence-electron chi connectivity index (χ0n) is 18.9. The smallest absolute Gasteiger partial charge is 0.257 e. The first-order chi connectivity index (χ1) is 15.4. The largest absolute Gasteiger partial charge is 0.339 e. The molecule has 0 radical (unpaired) electrons. The van der Waals surface area contributed by atoms with Crippen molar-refractivity contribution in [2.45, 2.75) is 44.4 Å². The third-order valence-electron chi connectivity index (χ3n) is 6.46. The van der Waals surface area contributed by atoms with Crippen LogP contribution in [0.25, 0.3) is 5.52 Å². The molecule has 0 N–H and O–H groups in total. The van der Waals surface area contributed by atoms with E-state index in [1.54, 1.807) is 32.1 Å². The van der Waals surface area contributed by atoms with E-state index in [1.807, 2.05) is 51.2 Å². The van der Waals surface area contributed by atoms with Gasteiger partial charge in [-0.05, 0) is 68.9 Å². The number of aromatic nitrogens is 2. The van der Waals surface area contributed by atoms with Gasteiger partial charge in [0.2, 0.25) is 10.0 Å². The minimum Gasteiger partial charge on any atom is -0.339 e. The van der Waals surface area contributed by atoms with Crippen molar-refractivity contribution in [3.8, 4) is 0 Å². The molecule has 1 aromatic carbocycles. The van der Waals surface area contributed by atoms with E-state index >= 15 is 0 Å². The number of carbonyl (C=O) groups is 1. The molecule has 1 aliphatic rings. The molecule has 3 aromatic rings. The first-order valence-electron chi connectivity index (χ1n) is 11.2. The van der Waals surface area contributed by atoms with Crippen LogP contribution in [0.15, 0.2) is 53.7 Å². The van der Waals surface area contributed by atoms with Gasteiger partial charge in [0, 0.05) is 32.4 Å². The zero-order chi connectivity index (χ0) is 22.9. The van der Waals surface area contributed by atoms with E-state index in [1.165, 1.54) is 0 Å². The van der Waals surface area contributed by atoms with E-state index in [2.05, 4.69) is 5.10 Å². The first kappa shape index (κ1) is 22.5. The number of hydrogen-bond donors (Lipinski definition) is 0. The molecular weight excluding hydrogens is 424 g/mol. The third kappa shape index (κ3) is 4.04. The molecule has 1 amide bonds. The fourth-order valence-electron chi connectivity index (χ4n) is 4.51. The Balaban J connectivity index is 1.54. The van der Waals surface area contributed by atoms with Gasteiger partial charge in [-0.2, -0.15) is 9.40 Å². The monoisotopic (exact) mass is 454 g/mol. The number of benzene rings is 1. The van der Waals surface area contributed by atoms with Gasteiger partial charge in [-0.1, -0.05) is 18.2 Å². The highest BCUT2D eigenvalue weighted by molar-refractivity contribution is 7.89. The first-order valence-corrected chi connectivity index (χ1v) is 12.6. The SMILES string of the molecule is CCN(CC)C(=O)c1cnn2ccc(C3CCN(S(=O)(=O)c4ccccc4C)CC3)cc12. The number of hydrogen-bond acceptors (Lipinski definition) is 4. The van der Waals surface area contributed by atoms with Gasteiger partial charge in [-0.25, -0.2) is 12.9 Å². The topological polar surface area (TPSA) is 75.0 Å². The number of aryl methyl sites for hydroxylation is 1. The summed E-state index contributed by atoms with van der Waals surface area (Å²) in [5.41, 5.74) is 3.30. The van der Waals surface area contributed by atoms with Crippen molar-refractivity contribution in [2.24, 2.45) is 0 Å². The molecule has 170 valence electrons. The zero-order valence-corrected chi connectivity index (χ0v) is 19.7. The molecule has 3 heterocycles. The molecule has 0 unspecified atom stereocenters. The summed E-state index contributed by atoms with van der Waals surface area (Å²) in [7, 11) is -3.49. The van der Waals surface area contributed by atoms with Crippen LogP contribution < -0.4 is 0 Å². The van der Waals surface area contributed by atoms with Gasteiger partial charge in [0.15, 0.2) is 0 Å². The van der Waals surface area contributed by atoms with Crippen molar-refractivity contribution >= 4 is 21.4 Å². The molecular formula is C24H30N4O3S. The Labute approximate surface area is 189 Å². The molecule has 2 aromatic heterocycles. The van der Waals surface area contributed by atoms with Crippen LogP contribution in [-0.4, -0.2) is 59.3 Å². The lowest BCUT2D eigenvalue weighted by molar-refractivity contribution is 0.0775. The minimum absolute atomic E-state index is 0.0127. The third-order valence-corrected chi connectivity index (χ3v) is 8.52. The predicted octanol–water partition coefficient (Wildman–Crippen LogP) is 3.69.